The van der Waals surface area contributed by atoms with Crippen LogP contribution in [0.25, 0.3) is 0 Å². The zero-order chi connectivity index (χ0) is 18.9. The van der Waals surface area contributed by atoms with Crippen LogP contribution in [0.1, 0.15) is 67.7 Å². The first-order valence-electron chi connectivity index (χ1n) is 8.40. The van der Waals surface area contributed by atoms with E-state index in [1.807, 2.05) is 48.5 Å². The van der Waals surface area contributed by atoms with Gasteiger partial charge >= 0.3 is 5.97 Å². The molecule has 1 amide bonds. The summed E-state index contributed by atoms with van der Waals surface area (Å²) in [5, 5.41) is 2.50. The van der Waals surface area contributed by atoms with Gasteiger partial charge in [-0.05, 0) is 41.0 Å². The zero-order valence-electron chi connectivity index (χ0n) is 16.3. The van der Waals surface area contributed by atoms with Crippen molar-refractivity contribution >= 4 is 11.9 Å². The molecule has 0 aliphatic rings. The third-order valence-corrected chi connectivity index (χ3v) is 2.27. The lowest BCUT2D eigenvalue weighted by Gasteiger charge is -2.19. The average Bonchev–Trinajstić information content (AvgIpc) is 2.48. The van der Waals surface area contributed by atoms with Gasteiger partial charge in [0.1, 0.15) is 5.60 Å². The van der Waals surface area contributed by atoms with Crippen molar-refractivity contribution in [3.05, 3.63) is 0 Å². The second-order valence-electron chi connectivity index (χ2n) is 5.61. The summed E-state index contributed by atoms with van der Waals surface area (Å²) in [6.07, 6.45) is 1.43. The molecule has 0 bridgehead atoms. The normalized spacial score (nSPS) is 11.2. The minimum absolute atomic E-state index is 0.0476. The SMILES string of the molecule is CC.CCOC(C)CN.CNC(=O)CCCC(=O)OC(C)(C)C. The number of hydrogen-bond acceptors (Lipinski definition) is 5. The lowest BCUT2D eigenvalue weighted by Crippen LogP contribution is -2.24. The standard InChI is InChI=1S/C10H19NO3.C5H13NO.C2H6/c1-10(2,3)14-9(13)7-5-6-8(12)11-4;1-3-7-5(2)4-6;1-2/h5-7H2,1-4H3,(H,11,12);5H,3-4,6H2,1-2H3;1-2H3. The fourth-order valence-electron chi connectivity index (χ4n) is 1.26. The molecule has 3 N–H and O–H groups in total. The van der Waals surface area contributed by atoms with Gasteiger partial charge in [0.05, 0.1) is 6.10 Å². The van der Waals surface area contributed by atoms with Gasteiger partial charge in [0, 0.05) is 33.0 Å². The summed E-state index contributed by atoms with van der Waals surface area (Å²) in [4.78, 5) is 22.0. The molecule has 0 rings (SSSR count). The maximum absolute atomic E-state index is 11.2. The van der Waals surface area contributed by atoms with Gasteiger partial charge < -0.3 is 20.5 Å². The molecule has 0 saturated carbocycles. The van der Waals surface area contributed by atoms with Gasteiger partial charge in [-0.2, -0.15) is 0 Å². The van der Waals surface area contributed by atoms with Gasteiger partial charge in [0.2, 0.25) is 5.91 Å². The van der Waals surface area contributed by atoms with Gasteiger partial charge in [0.25, 0.3) is 0 Å². The molecule has 0 saturated heterocycles. The first kappa shape index (κ1) is 26.7. The Balaban J connectivity index is -0.000000373. The smallest absolute Gasteiger partial charge is 0.306 e. The number of nitrogens with two attached hydrogens (primary N) is 1. The summed E-state index contributed by atoms with van der Waals surface area (Å²) in [6.45, 7) is 14.8. The van der Waals surface area contributed by atoms with E-state index in [1.165, 1.54) is 0 Å². The summed E-state index contributed by atoms with van der Waals surface area (Å²) in [5.41, 5.74) is 4.79. The molecule has 0 aliphatic heterocycles. The first-order valence-corrected chi connectivity index (χ1v) is 8.40. The van der Waals surface area contributed by atoms with Crippen molar-refractivity contribution in [3.63, 3.8) is 0 Å². The largest absolute Gasteiger partial charge is 0.460 e. The van der Waals surface area contributed by atoms with E-state index >= 15 is 0 Å². The Kier molecular flexibility index (Phi) is 20.0. The fraction of sp³-hybridized carbons (Fsp3) is 0.882. The Morgan fingerprint density at radius 3 is 2.00 bits per heavy atom. The summed E-state index contributed by atoms with van der Waals surface area (Å²) < 4.78 is 10.1. The highest BCUT2D eigenvalue weighted by molar-refractivity contribution is 5.76. The minimum atomic E-state index is -0.440. The maximum Gasteiger partial charge on any atom is 0.306 e. The number of ether oxygens (including phenoxy) is 2. The number of esters is 1. The van der Waals surface area contributed by atoms with Crippen molar-refractivity contribution in [2.75, 3.05) is 20.2 Å². The van der Waals surface area contributed by atoms with Crippen LogP contribution in [-0.4, -0.2) is 43.8 Å². The van der Waals surface area contributed by atoms with Gasteiger partial charge in [-0.25, -0.2) is 0 Å². The Labute approximate surface area is 142 Å². The lowest BCUT2D eigenvalue weighted by molar-refractivity contribution is -0.154. The molecule has 1 atom stereocenters. The molecular weight excluding hydrogens is 296 g/mol. The summed E-state index contributed by atoms with van der Waals surface area (Å²) in [7, 11) is 1.58. The number of rotatable bonds is 7. The molecule has 0 aromatic carbocycles. The third kappa shape index (κ3) is 26.1. The van der Waals surface area contributed by atoms with Crippen LogP contribution in [0, 0.1) is 0 Å². The molecule has 0 heterocycles. The van der Waals surface area contributed by atoms with Crippen LogP contribution in [-0.2, 0) is 19.1 Å². The maximum atomic E-state index is 11.2. The number of carbonyl (C=O) groups is 2. The van der Waals surface area contributed by atoms with Crippen LogP contribution in [0.4, 0.5) is 0 Å². The van der Waals surface area contributed by atoms with Crippen LogP contribution >= 0.6 is 0 Å². The van der Waals surface area contributed by atoms with Crippen molar-refractivity contribution in [1.29, 1.82) is 0 Å². The predicted molar refractivity (Wildman–Crippen MR) is 95.3 cm³/mol. The van der Waals surface area contributed by atoms with Crippen LogP contribution in [0.3, 0.4) is 0 Å². The van der Waals surface area contributed by atoms with E-state index in [9.17, 15) is 9.59 Å². The van der Waals surface area contributed by atoms with Crippen molar-refractivity contribution in [3.8, 4) is 0 Å². The second-order valence-corrected chi connectivity index (χ2v) is 5.61. The molecule has 6 nitrogen and oxygen atoms in total. The van der Waals surface area contributed by atoms with E-state index in [0.717, 1.165) is 6.61 Å². The van der Waals surface area contributed by atoms with Crippen LogP contribution in [0.15, 0.2) is 0 Å². The van der Waals surface area contributed by atoms with E-state index in [1.54, 1.807) is 7.05 Å². The molecule has 0 radical (unpaired) electrons. The molecule has 0 spiro atoms. The monoisotopic (exact) mass is 334 g/mol. The van der Waals surface area contributed by atoms with E-state index in [0.29, 0.717) is 25.8 Å². The minimum Gasteiger partial charge on any atom is -0.460 e. The lowest BCUT2D eigenvalue weighted by atomic mass is 10.2. The van der Waals surface area contributed by atoms with Crippen molar-refractivity contribution < 1.29 is 19.1 Å². The summed E-state index contributed by atoms with van der Waals surface area (Å²) >= 11 is 0. The van der Waals surface area contributed by atoms with Gasteiger partial charge in [-0.3, -0.25) is 9.59 Å². The number of hydrogen-bond donors (Lipinski definition) is 2. The van der Waals surface area contributed by atoms with Gasteiger partial charge in [-0.1, -0.05) is 13.8 Å². The van der Waals surface area contributed by atoms with E-state index in [-0.39, 0.29) is 18.0 Å². The Morgan fingerprint density at radius 1 is 1.17 bits per heavy atom. The van der Waals surface area contributed by atoms with E-state index in [2.05, 4.69) is 5.32 Å². The molecule has 0 aliphatic carbocycles. The summed E-state index contributed by atoms with van der Waals surface area (Å²) in [5.74, 6) is -0.296. The zero-order valence-corrected chi connectivity index (χ0v) is 16.3. The number of amides is 1. The van der Waals surface area contributed by atoms with Crippen LogP contribution in [0.5, 0.6) is 0 Å². The molecule has 0 aromatic heterocycles. The highest BCUT2D eigenvalue weighted by Crippen LogP contribution is 2.09. The first-order chi connectivity index (χ1) is 10.7. The predicted octanol–water partition coefficient (Wildman–Crippen LogP) is 2.64. The van der Waals surface area contributed by atoms with Crippen molar-refractivity contribution in [2.45, 2.75) is 79.4 Å². The van der Waals surface area contributed by atoms with E-state index < -0.39 is 5.60 Å². The van der Waals surface area contributed by atoms with Crippen molar-refractivity contribution in [2.24, 2.45) is 5.73 Å². The molecule has 6 heteroatoms. The molecule has 23 heavy (non-hydrogen) atoms. The fourth-order valence-corrected chi connectivity index (χ4v) is 1.26. The Morgan fingerprint density at radius 2 is 1.70 bits per heavy atom. The number of carbonyl (C=O) groups excluding carboxylic acids is 2. The molecule has 0 aromatic rings. The topological polar surface area (TPSA) is 90.6 Å². The van der Waals surface area contributed by atoms with Gasteiger partial charge in [0.15, 0.2) is 0 Å². The highest BCUT2D eigenvalue weighted by Gasteiger charge is 2.15. The van der Waals surface area contributed by atoms with E-state index in [4.69, 9.17) is 15.2 Å². The second kappa shape index (κ2) is 17.2. The Hall–Kier alpha value is -1.14. The van der Waals surface area contributed by atoms with Crippen LogP contribution in [0.2, 0.25) is 0 Å². The van der Waals surface area contributed by atoms with Crippen LogP contribution < -0.4 is 11.1 Å². The van der Waals surface area contributed by atoms with Crippen molar-refractivity contribution in [1.82, 2.24) is 5.32 Å². The van der Waals surface area contributed by atoms with Gasteiger partial charge in [-0.15, -0.1) is 0 Å². The Bertz CT molecular complexity index is 289. The highest BCUT2D eigenvalue weighted by atomic mass is 16.6. The molecule has 1 unspecified atom stereocenters. The molecule has 0 fully saturated rings. The third-order valence-electron chi connectivity index (χ3n) is 2.27. The number of nitrogens with one attached hydrogen (secondary N) is 1. The quantitative estimate of drug-likeness (QED) is 0.698. The molecule has 140 valence electrons. The summed E-state index contributed by atoms with van der Waals surface area (Å²) in [6, 6.07) is 0. The average molecular weight is 335 g/mol. The molecular formula is C17H38N2O4.